The molecule has 0 atom stereocenters. The number of nitrogens with one attached hydrogen (secondary N) is 1. The minimum absolute atomic E-state index is 0.232. The SMILES string of the molecule is Cc1ccc(NC(=O)/C=C/c2cn(Cc3ccccc3)nc2-c2ccc(F)cc2)cc1. The Hall–Kier alpha value is -3.99. The van der Waals surface area contributed by atoms with Crippen LogP contribution in [0.15, 0.2) is 91.1 Å². The summed E-state index contributed by atoms with van der Waals surface area (Å²) in [6.07, 6.45) is 5.11. The summed E-state index contributed by atoms with van der Waals surface area (Å²) in [6, 6.07) is 23.8. The lowest BCUT2D eigenvalue weighted by molar-refractivity contribution is -0.111. The normalized spacial score (nSPS) is 11.0. The molecule has 1 N–H and O–H groups in total. The highest BCUT2D eigenvalue weighted by molar-refractivity contribution is 6.02. The smallest absolute Gasteiger partial charge is 0.248 e. The Bertz CT molecular complexity index is 1190. The van der Waals surface area contributed by atoms with Gasteiger partial charge in [-0.3, -0.25) is 9.48 Å². The maximum absolute atomic E-state index is 13.4. The molecular weight excluding hydrogens is 389 g/mol. The molecule has 0 spiro atoms. The van der Waals surface area contributed by atoms with Gasteiger partial charge >= 0.3 is 0 Å². The van der Waals surface area contributed by atoms with Gasteiger partial charge in [0.05, 0.1) is 12.2 Å². The molecule has 0 fully saturated rings. The van der Waals surface area contributed by atoms with Crippen molar-refractivity contribution >= 4 is 17.7 Å². The van der Waals surface area contributed by atoms with E-state index in [9.17, 15) is 9.18 Å². The highest BCUT2D eigenvalue weighted by Gasteiger charge is 2.11. The molecule has 31 heavy (non-hydrogen) atoms. The van der Waals surface area contributed by atoms with E-state index >= 15 is 0 Å². The van der Waals surface area contributed by atoms with Gasteiger partial charge in [0, 0.05) is 29.1 Å². The number of amides is 1. The Morgan fingerprint density at radius 1 is 1.00 bits per heavy atom. The lowest BCUT2D eigenvalue weighted by Gasteiger charge is -2.02. The summed E-state index contributed by atoms with van der Waals surface area (Å²) in [7, 11) is 0. The zero-order chi connectivity index (χ0) is 21.6. The van der Waals surface area contributed by atoms with Crippen LogP contribution in [0.3, 0.4) is 0 Å². The monoisotopic (exact) mass is 411 g/mol. The zero-order valence-electron chi connectivity index (χ0n) is 17.1. The molecule has 1 amide bonds. The maximum atomic E-state index is 13.4. The number of hydrogen-bond donors (Lipinski definition) is 1. The Labute approximate surface area is 180 Å². The zero-order valence-corrected chi connectivity index (χ0v) is 17.1. The Kier molecular flexibility index (Phi) is 6.03. The standard InChI is InChI=1S/C26H22FN3O/c1-19-7-14-24(15-8-19)28-25(31)16-11-22-18-30(17-20-5-3-2-4-6-20)29-26(22)21-9-12-23(27)13-10-21/h2-16,18H,17H2,1H3,(H,28,31)/b16-11+. The third-order valence-electron chi connectivity index (χ3n) is 4.83. The van der Waals surface area contributed by atoms with Crippen molar-refractivity contribution in [2.45, 2.75) is 13.5 Å². The molecule has 0 unspecified atom stereocenters. The van der Waals surface area contributed by atoms with Gasteiger partial charge in [-0.15, -0.1) is 0 Å². The van der Waals surface area contributed by atoms with E-state index in [1.165, 1.54) is 18.2 Å². The van der Waals surface area contributed by atoms with Gasteiger partial charge in [-0.05, 0) is 55.0 Å². The van der Waals surface area contributed by atoms with Gasteiger partial charge in [0.15, 0.2) is 0 Å². The molecule has 0 aliphatic carbocycles. The number of hydrogen-bond acceptors (Lipinski definition) is 2. The van der Waals surface area contributed by atoms with E-state index in [-0.39, 0.29) is 11.7 Å². The van der Waals surface area contributed by atoms with E-state index in [0.29, 0.717) is 12.2 Å². The molecule has 4 rings (SSSR count). The molecule has 0 saturated heterocycles. The number of nitrogens with zero attached hydrogens (tertiary/aromatic N) is 2. The summed E-state index contributed by atoms with van der Waals surface area (Å²) >= 11 is 0. The number of aromatic nitrogens is 2. The summed E-state index contributed by atoms with van der Waals surface area (Å²) in [6.45, 7) is 2.59. The van der Waals surface area contributed by atoms with Crippen molar-refractivity contribution in [2.24, 2.45) is 0 Å². The summed E-state index contributed by atoms with van der Waals surface area (Å²) in [4.78, 5) is 12.4. The van der Waals surface area contributed by atoms with Crippen LogP contribution in [0.1, 0.15) is 16.7 Å². The van der Waals surface area contributed by atoms with Gasteiger partial charge in [0.2, 0.25) is 5.91 Å². The summed E-state index contributed by atoms with van der Waals surface area (Å²) in [5, 5.41) is 7.54. The fourth-order valence-electron chi connectivity index (χ4n) is 3.23. The van der Waals surface area contributed by atoms with Gasteiger partial charge < -0.3 is 5.32 Å². The van der Waals surface area contributed by atoms with Crippen LogP contribution in [0.5, 0.6) is 0 Å². The van der Waals surface area contributed by atoms with Crippen LogP contribution in [0.4, 0.5) is 10.1 Å². The van der Waals surface area contributed by atoms with E-state index < -0.39 is 0 Å². The van der Waals surface area contributed by atoms with Crippen molar-refractivity contribution in [1.82, 2.24) is 9.78 Å². The van der Waals surface area contributed by atoms with Crippen molar-refractivity contribution in [3.05, 3.63) is 114 Å². The molecule has 1 heterocycles. The van der Waals surface area contributed by atoms with E-state index in [1.807, 2.05) is 72.4 Å². The minimum atomic E-state index is -0.304. The number of benzene rings is 3. The first kappa shape index (κ1) is 20.3. The molecule has 4 nitrogen and oxygen atoms in total. The lowest BCUT2D eigenvalue weighted by Crippen LogP contribution is -2.07. The molecule has 3 aromatic carbocycles. The number of aryl methyl sites for hydroxylation is 1. The number of carbonyl (C=O) groups is 1. The molecular formula is C26H22FN3O. The van der Waals surface area contributed by atoms with E-state index in [0.717, 1.165) is 27.9 Å². The van der Waals surface area contributed by atoms with Gasteiger partial charge in [-0.25, -0.2) is 4.39 Å². The van der Waals surface area contributed by atoms with Crippen molar-refractivity contribution < 1.29 is 9.18 Å². The molecule has 0 radical (unpaired) electrons. The van der Waals surface area contributed by atoms with Crippen LogP contribution in [0.2, 0.25) is 0 Å². The number of halogens is 1. The van der Waals surface area contributed by atoms with Crippen molar-refractivity contribution in [2.75, 3.05) is 5.32 Å². The highest BCUT2D eigenvalue weighted by Crippen LogP contribution is 2.24. The largest absolute Gasteiger partial charge is 0.323 e. The van der Waals surface area contributed by atoms with Crippen LogP contribution < -0.4 is 5.32 Å². The number of rotatable bonds is 6. The van der Waals surface area contributed by atoms with Gasteiger partial charge in [0.25, 0.3) is 0 Å². The van der Waals surface area contributed by atoms with Crippen LogP contribution in [-0.4, -0.2) is 15.7 Å². The average molecular weight is 411 g/mol. The van der Waals surface area contributed by atoms with Crippen LogP contribution >= 0.6 is 0 Å². The van der Waals surface area contributed by atoms with Crippen molar-refractivity contribution in [3.63, 3.8) is 0 Å². The summed E-state index contributed by atoms with van der Waals surface area (Å²) in [5.41, 5.74) is 5.23. The fourth-order valence-corrected chi connectivity index (χ4v) is 3.23. The Morgan fingerprint density at radius 2 is 1.71 bits per heavy atom. The van der Waals surface area contributed by atoms with Crippen molar-refractivity contribution in [3.8, 4) is 11.3 Å². The molecule has 154 valence electrons. The minimum Gasteiger partial charge on any atom is -0.323 e. The van der Waals surface area contributed by atoms with Gasteiger partial charge in [0.1, 0.15) is 5.82 Å². The predicted octanol–water partition coefficient (Wildman–Crippen LogP) is 5.70. The number of carbonyl (C=O) groups excluding carboxylic acids is 1. The molecule has 0 bridgehead atoms. The second-order valence-corrected chi connectivity index (χ2v) is 7.31. The third kappa shape index (κ3) is 5.34. The predicted molar refractivity (Wildman–Crippen MR) is 122 cm³/mol. The topological polar surface area (TPSA) is 46.9 Å². The lowest BCUT2D eigenvalue weighted by atomic mass is 10.1. The summed E-state index contributed by atoms with van der Waals surface area (Å²) < 4.78 is 15.2. The molecule has 1 aromatic heterocycles. The quantitative estimate of drug-likeness (QED) is 0.414. The second-order valence-electron chi connectivity index (χ2n) is 7.31. The van der Waals surface area contributed by atoms with Crippen molar-refractivity contribution in [1.29, 1.82) is 0 Å². The molecule has 5 heteroatoms. The van der Waals surface area contributed by atoms with Gasteiger partial charge in [-0.2, -0.15) is 5.10 Å². The Morgan fingerprint density at radius 3 is 2.42 bits per heavy atom. The molecule has 4 aromatic rings. The van der Waals surface area contributed by atoms with Crippen LogP contribution in [0, 0.1) is 12.7 Å². The first-order valence-corrected chi connectivity index (χ1v) is 10.00. The maximum Gasteiger partial charge on any atom is 0.248 e. The molecule has 0 aliphatic heterocycles. The van der Waals surface area contributed by atoms with E-state index in [4.69, 9.17) is 0 Å². The average Bonchev–Trinajstić information content (AvgIpc) is 3.18. The van der Waals surface area contributed by atoms with E-state index in [1.54, 1.807) is 18.2 Å². The molecule has 0 aliphatic rings. The number of anilines is 1. The van der Waals surface area contributed by atoms with Gasteiger partial charge in [-0.1, -0.05) is 48.0 Å². The van der Waals surface area contributed by atoms with Crippen LogP contribution in [0.25, 0.3) is 17.3 Å². The third-order valence-corrected chi connectivity index (χ3v) is 4.83. The fraction of sp³-hybridized carbons (Fsp3) is 0.0769. The van der Waals surface area contributed by atoms with Crippen LogP contribution in [-0.2, 0) is 11.3 Å². The summed E-state index contributed by atoms with van der Waals surface area (Å²) in [5.74, 6) is -0.535. The first-order chi connectivity index (χ1) is 15.1. The van der Waals surface area contributed by atoms with E-state index in [2.05, 4.69) is 10.4 Å². The second kappa shape index (κ2) is 9.22. The Balaban J connectivity index is 1.59. The molecule has 0 saturated carbocycles. The first-order valence-electron chi connectivity index (χ1n) is 10.00. The highest BCUT2D eigenvalue weighted by atomic mass is 19.1.